The zero-order valence-corrected chi connectivity index (χ0v) is 11.8. The van der Waals surface area contributed by atoms with Gasteiger partial charge in [0.05, 0.1) is 4.92 Å². The fourth-order valence-electron chi connectivity index (χ4n) is 2.46. The zero-order chi connectivity index (χ0) is 15.5. The summed E-state index contributed by atoms with van der Waals surface area (Å²) in [6, 6.07) is 22.0. The van der Waals surface area contributed by atoms with Crippen molar-refractivity contribution >= 4 is 11.4 Å². The smallest absolute Gasteiger partial charge is 0.270 e. The number of nitro groups is 1. The van der Waals surface area contributed by atoms with Crippen LogP contribution in [0.5, 0.6) is 0 Å². The van der Waals surface area contributed by atoms with Crippen LogP contribution in [0.3, 0.4) is 0 Å². The molecule has 3 aromatic carbocycles. The molecule has 0 aliphatic rings. The summed E-state index contributed by atoms with van der Waals surface area (Å²) in [4.78, 5) is 10.9. The molecule has 22 heavy (non-hydrogen) atoms. The Bertz CT molecular complexity index is 755. The largest absolute Gasteiger partial charge is 0.398 e. The molecule has 0 saturated heterocycles. The molecule has 0 spiro atoms. The number of nitrogens with two attached hydrogens (primary N) is 1. The van der Waals surface area contributed by atoms with E-state index in [4.69, 9.17) is 5.73 Å². The van der Waals surface area contributed by atoms with Crippen molar-refractivity contribution in [1.29, 1.82) is 0 Å². The van der Waals surface area contributed by atoms with E-state index in [0.29, 0.717) is 16.8 Å². The van der Waals surface area contributed by atoms with Gasteiger partial charge in [0.15, 0.2) is 0 Å². The predicted octanol–water partition coefficient (Wildman–Crippen LogP) is 4.51. The molecule has 0 unspecified atom stereocenters. The van der Waals surface area contributed by atoms with Gasteiger partial charge < -0.3 is 5.73 Å². The Kier molecular flexibility index (Phi) is 3.58. The van der Waals surface area contributed by atoms with Gasteiger partial charge >= 0.3 is 0 Å². The molecule has 0 saturated carbocycles. The second-order valence-electron chi connectivity index (χ2n) is 4.94. The summed E-state index contributed by atoms with van der Waals surface area (Å²) < 4.78 is 0. The van der Waals surface area contributed by atoms with Gasteiger partial charge in [-0.15, -0.1) is 0 Å². The average Bonchev–Trinajstić information content (AvgIpc) is 2.56. The number of benzene rings is 3. The molecule has 0 fully saturated rings. The molecule has 0 aromatic heterocycles. The van der Waals surface area contributed by atoms with Crippen molar-refractivity contribution < 1.29 is 4.92 Å². The molecule has 0 bridgehead atoms. The molecule has 0 atom stereocenters. The lowest BCUT2D eigenvalue weighted by molar-refractivity contribution is -0.384. The first-order valence-corrected chi connectivity index (χ1v) is 6.85. The summed E-state index contributed by atoms with van der Waals surface area (Å²) in [6.07, 6.45) is 0. The van der Waals surface area contributed by atoms with Crippen molar-refractivity contribution in [1.82, 2.24) is 0 Å². The topological polar surface area (TPSA) is 69.2 Å². The third-order valence-electron chi connectivity index (χ3n) is 3.55. The van der Waals surface area contributed by atoms with Gasteiger partial charge in [0.1, 0.15) is 0 Å². The van der Waals surface area contributed by atoms with Gasteiger partial charge in [-0.05, 0) is 11.1 Å². The van der Waals surface area contributed by atoms with Crippen molar-refractivity contribution in [3.05, 3.63) is 82.9 Å². The van der Waals surface area contributed by atoms with E-state index >= 15 is 0 Å². The zero-order valence-electron chi connectivity index (χ0n) is 11.8. The van der Waals surface area contributed by atoms with Crippen LogP contribution in [0.2, 0.25) is 0 Å². The minimum Gasteiger partial charge on any atom is -0.398 e. The lowest BCUT2D eigenvalue weighted by atomic mass is 9.95. The molecule has 0 aliphatic carbocycles. The molecule has 0 amide bonds. The number of nitrogens with zero attached hydrogens (tertiary/aromatic N) is 1. The van der Waals surface area contributed by atoms with Gasteiger partial charge in [0.2, 0.25) is 0 Å². The van der Waals surface area contributed by atoms with E-state index in [2.05, 4.69) is 0 Å². The standard InChI is InChI=1S/C18H14N2O2/c19-18-16(13-7-3-1-4-8-13)11-15(20(21)22)12-17(18)14-9-5-2-6-10-14/h1-12H,19H2. The van der Waals surface area contributed by atoms with Crippen molar-refractivity contribution in [2.45, 2.75) is 0 Å². The fourth-order valence-corrected chi connectivity index (χ4v) is 2.46. The number of nitro benzene ring substituents is 1. The number of hydrogen-bond donors (Lipinski definition) is 1. The van der Waals surface area contributed by atoms with Crippen molar-refractivity contribution in [2.75, 3.05) is 5.73 Å². The van der Waals surface area contributed by atoms with Gasteiger partial charge in [-0.2, -0.15) is 0 Å². The van der Waals surface area contributed by atoms with E-state index in [0.717, 1.165) is 11.1 Å². The quantitative estimate of drug-likeness (QED) is 0.438. The number of hydrogen-bond acceptors (Lipinski definition) is 3. The number of non-ortho nitro benzene ring substituents is 1. The summed E-state index contributed by atoms with van der Waals surface area (Å²) in [6.45, 7) is 0. The molecular weight excluding hydrogens is 276 g/mol. The van der Waals surface area contributed by atoms with Crippen LogP contribution in [0.15, 0.2) is 72.8 Å². The van der Waals surface area contributed by atoms with Crippen LogP contribution in [0.1, 0.15) is 0 Å². The Morgan fingerprint density at radius 1 is 0.773 bits per heavy atom. The van der Waals surface area contributed by atoms with Gasteiger partial charge in [0.25, 0.3) is 5.69 Å². The Balaban J connectivity index is 2.27. The molecule has 0 aliphatic heterocycles. The SMILES string of the molecule is Nc1c(-c2ccccc2)cc([N+](=O)[O-])cc1-c1ccccc1. The number of rotatable bonds is 3. The van der Waals surface area contributed by atoms with E-state index in [1.165, 1.54) is 12.1 Å². The molecule has 0 radical (unpaired) electrons. The second-order valence-corrected chi connectivity index (χ2v) is 4.94. The first kappa shape index (κ1) is 13.8. The second kappa shape index (κ2) is 5.69. The summed E-state index contributed by atoms with van der Waals surface area (Å²) in [5.74, 6) is 0. The monoisotopic (exact) mass is 290 g/mol. The van der Waals surface area contributed by atoms with Gasteiger partial charge in [-0.3, -0.25) is 10.1 Å². The van der Waals surface area contributed by atoms with Crippen molar-refractivity contribution in [2.24, 2.45) is 0 Å². The normalized spacial score (nSPS) is 10.4. The van der Waals surface area contributed by atoms with E-state index in [9.17, 15) is 10.1 Å². The first-order chi connectivity index (χ1) is 10.7. The molecule has 108 valence electrons. The van der Waals surface area contributed by atoms with E-state index < -0.39 is 4.92 Å². The third kappa shape index (κ3) is 2.54. The summed E-state index contributed by atoms with van der Waals surface area (Å²) in [7, 11) is 0. The number of nitrogen functional groups attached to an aromatic ring is 1. The van der Waals surface area contributed by atoms with E-state index in [-0.39, 0.29) is 5.69 Å². The average molecular weight is 290 g/mol. The lowest BCUT2D eigenvalue weighted by Crippen LogP contribution is -1.97. The lowest BCUT2D eigenvalue weighted by Gasteiger charge is -2.12. The fraction of sp³-hybridized carbons (Fsp3) is 0. The van der Waals surface area contributed by atoms with Gasteiger partial charge in [-0.25, -0.2) is 0 Å². The van der Waals surface area contributed by atoms with Crippen LogP contribution in [-0.2, 0) is 0 Å². The highest BCUT2D eigenvalue weighted by Crippen LogP contribution is 2.38. The Labute approximate surface area is 128 Å². The maximum atomic E-state index is 11.2. The minimum absolute atomic E-state index is 0.0342. The van der Waals surface area contributed by atoms with Gasteiger partial charge in [0, 0.05) is 28.9 Å². The predicted molar refractivity (Wildman–Crippen MR) is 88.4 cm³/mol. The van der Waals surface area contributed by atoms with Crippen molar-refractivity contribution in [3.63, 3.8) is 0 Å². The summed E-state index contributed by atoms with van der Waals surface area (Å²) in [5, 5.41) is 11.2. The van der Waals surface area contributed by atoms with E-state index in [1.807, 2.05) is 60.7 Å². The van der Waals surface area contributed by atoms with Crippen LogP contribution >= 0.6 is 0 Å². The molecule has 0 heterocycles. The maximum Gasteiger partial charge on any atom is 0.270 e. The third-order valence-corrected chi connectivity index (χ3v) is 3.55. The van der Waals surface area contributed by atoms with Crippen molar-refractivity contribution in [3.8, 4) is 22.3 Å². The van der Waals surface area contributed by atoms with Crippen LogP contribution in [0, 0.1) is 10.1 Å². The summed E-state index contributed by atoms with van der Waals surface area (Å²) >= 11 is 0. The maximum absolute atomic E-state index is 11.2. The summed E-state index contributed by atoms with van der Waals surface area (Å²) in [5.41, 5.74) is 9.95. The Hall–Kier alpha value is -3.14. The van der Waals surface area contributed by atoms with Crippen LogP contribution < -0.4 is 5.73 Å². The first-order valence-electron chi connectivity index (χ1n) is 6.85. The van der Waals surface area contributed by atoms with E-state index in [1.54, 1.807) is 0 Å². The van der Waals surface area contributed by atoms with Crippen LogP contribution in [0.25, 0.3) is 22.3 Å². The Morgan fingerprint density at radius 2 is 1.18 bits per heavy atom. The molecule has 2 N–H and O–H groups in total. The molecule has 4 heteroatoms. The minimum atomic E-state index is -0.391. The molecule has 3 rings (SSSR count). The molecule has 3 aromatic rings. The highest BCUT2D eigenvalue weighted by atomic mass is 16.6. The highest BCUT2D eigenvalue weighted by Gasteiger charge is 2.16. The highest BCUT2D eigenvalue weighted by molar-refractivity contribution is 5.90. The van der Waals surface area contributed by atoms with Gasteiger partial charge in [-0.1, -0.05) is 60.7 Å². The molecule has 4 nitrogen and oxygen atoms in total. The van der Waals surface area contributed by atoms with Crippen LogP contribution in [0.4, 0.5) is 11.4 Å². The molecular formula is C18H14N2O2. The number of anilines is 1. The van der Waals surface area contributed by atoms with Crippen LogP contribution in [-0.4, -0.2) is 4.92 Å². The Morgan fingerprint density at radius 3 is 1.55 bits per heavy atom.